The van der Waals surface area contributed by atoms with Crippen LogP contribution >= 0.6 is 0 Å². The van der Waals surface area contributed by atoms with Gasteiger partial charge in [-0.3, -0.25) is 0 Å². The lowest BCUT2D eigenvalue weighted by atomic mass is 9.82. The Morgan fingerprint density at radius 3 is 2.26 bits per heavy atom. The van der Waals surface area contributed by atoms with E-state index in [4.69, 9.17) is 4.74 Å². The number of carbonyl (C=O) groups excluding carboxylic acids is 3. The highest BCUT2D eigenvalue weighted by Gasteiger charge is 2.62. The summed E-state index contributed by atoms with van der Waals surface area (Å²) in [6.07, 6.45) is 0.0793. The summed E-state index contributed by atoms with van der Waals surface area (Å²) in [5.41, 5.74) is -1.60. The molecule has 2 aliphatic rings. The standard InChI is InChI=1S/C12H14O7/c1-16-9(13)7-6-4-5-12(19-6,11(15)18-3)8(7)10(14)17-2/h6H,4-5H2,1-3H3. The largest absolute Gasteiger partial charge is 0.467 e. The molecule has 0 saturated carbocycles. The topological polar surface area (TPSA) is 88.1 Å². The maximum Gasteiger partial charge on any atom is 0.343 e. The van der Waals surface area contributed by atoms with E-state index in [1.54, 1.807) is 0 Å². The molecule has 2 aliphatic heterocycles. The SMILES string of the molecule is COC(=O)C1=C(C(=O)OC)C2(C(=O)OC)CCC1O2. The van der Waals surface area contributed by atoms with Crippen LogP contribution in [0.25, 0.3) is 0 Å². The Bertz CT molecular complexity index is 478. The van der Waals surface area contributed by atoms with Gasteiger partial charge in [-0.1, -0.05) is 0 Å². The second kappa shape index (κ2) is 4.65. The maximum absolute atomic E-state index is 11.9. The van der Waals surface area contributed by atoms with Crippen LogP contribution in [0.15, 0.2) is 11.1 Å². The Morgan fingerprint density at radius 1 is 1.11 bits per heavy atom. The molecule has 2 heterocycles. The van der Waals surface area contributed by atoms with Crippen molar-refractivity contribution in [2.45, 2.75) is 24.5 Å². The highest BCUT2D eigenvalue weighted by Crippen LogP contribution is 2.49. The van der Waals surface area contributed by atoms with Crippen LogP contribution in [-0.4, -0.2) is 50.9 Å². The summed E-state index contributed by atoms with van der Waals surface area (Å²) >= 11 is 0. The van der Waals surface area contributed by atoms with Crippen LogP contribution in [0.1, 0.15) is 12.8 Å². The lowest BCUT2D eigenvalue weighted by Crippen LogP contribution is -2.42. The third-order valence-corrected chi connectivity index (χ3v) is 3.41. The third kappa shape index (κ3) is 1.73. The number of rotatable bonds is 3. The summed E-state index contributed by atoms with van der Waals surface area (Å²) < 4.78 is 19.5. The zero-order valence-electron chi connectivity index (χ0n) is 10.8. The summed E-state index contributed by atoms with van der Waals surface area (Å²) in [4.78, 5) is 35.6. The molecule has 7 heteroatoms. The van der Waals surface area contributed by atoms with Crippen molar-refractivity contribution in [2.24, 2.45) is 0 Å². The van der Waals surface area contributed by atoms with E-state index in [1.807, 2.05) is 0 Å². The number of ether oxygens (including phenoxy) is 4. The van der Waals surface area contributed by atoms with Crippen molar-refractivity contribution >= 4 is 17.9 Å². The van der Waals surface area contributed by atoms with Gasteiger partial charge in [0.25, 0.3) is 0 Å². The van der Waals surface area contributed by atoms with Crippen LogP contribution in [-0.2, 0) is 33.3 Å². The first-order valence-electron chi connectivity index (χ1n) is 5.69. The Labute approximate surface area is 109 Å². The van der Waals surface area contributed by atoms with E-state index in [1.165, 1.54) is 21.3 Å². The molecule has 2 rings (SSSR count). The van der Waals surface area contributed by atoms with Crippen molar-refractivity contribution in [2.75, 3.05) is 21.3 Å². The van der Waals surface area contributed by atoms with Gasteiger partial charge in [0.2, 0.25) is 0 Å². The lowest BCUT2D eigenvalue weighted by molar-refractivity contribution is -0.162. The molecule has 1 fully saturated rings. The molecule has 0 amide bonds. The van der Waals surface area contributed by atoms with Gasteiger partial charge in [-0.05, 0) is 12.8 Å². The van der Waals surface area contributed by atoms with Crippen molar-refractivity contribution in [3.8, 4) is 0 Å². The number of carbonyl (C=O) groups is 3. The molecule has 0 spiro atoms. The minimum atomic E-state index is -1.55. The van der Waals surface area contributed by atoms with Gasteiger partial charge < -0.3 is 18.9 Å². The molecule has 2 bridgehead atoms. The van der Waals surface area contributed by atoms with E-state index in [0.29, 0.717) is 6.42 Å². The second-order valence-electron chi connectivity index (χ2n) is 4.24. The fourth-order valence-corrected chi connectivity index (χ4v) is 2.60. The number of esters is 3. The molecule has 0 aromatic heterocycles. The predicted molar refractivity (Wildman–Crippen MR) is 59.9 cm³/mol. The number of hydrogen-bond donors (Lipinski definition) is 0. The van der Waals surface area contributed by atoms with Crippen LogP contribution in [0.3, 0.4) is 0 Å². The lowest BCUT2D eigenvalue weighted by Gasteiger charge is -2.24. The van der Waals surface area contributed by atoms with Crippen LogP contribution in [0.5, 0.6) is 0 Å². The highest BCUT2D eigenvalue weighted by molar-refractivity contribution is 6.09. The molecule has 7 nitrogen and oxygen atoms in total. The van der Waals surface area contributed by atoms with Gasteiger partial charge in [-0.25, -0.2) is 14.4 Å². The minimum Gasteiger partial charge on any atom is -0.467 e. The molecule has 2 atom stereocenters. The Morgan fingerprint density at radius 2 is 1.74 bits per heavy atom. The average molecular weight is 270 g/mol. The fourth-order valence-electron chi connectivity index (χ4n) is 2.60. The van der Waals surface area contributed by atoms with Gasteiger partial charge in [-0.2, -0.15) is 0 Å². The first-order valence-corrected chi connectivity index (χ1v) is 5.69. The van der Waals surface area contributed by atoms with E-state index in [-0.39, 0.29) is 17.6 Å². The van der Waals surface area contributed by atoms with Gasteiger partial charge in [0.1, 0.15) is 0 Å². The van der Waals surface area contributed by atoms with E-state index in [0.717, 1.165) is 0 Å². The summed E-state index contributed by atoms with van der Waals surface area (Å²) in [6.45, 7) is 0. The first kappa shape index (κ1) is 13.5. The van der Waals surface area contributed by atoms with Gasteiger partial charge in [-0.15, -0.1) is 0 Å². The molecular weight excluding hydrogens is 256 g/mol. The third-order valence-electron chi connectivity index (χ3n) is 3.41. The van der Waals surface area contributed by atoms with Gasteiger partial charge >= 0.3 is 17.9 Å². The number of methoxy groups -OCH3 is 3. The molecule has 0 N–H and O–H groups in total. The fraction of sp³-hybridized carbons (Fsp3) is 0.583. The van der Waals surface area contributed by atoms with Crippen molar-refractivity contribution in [1.82, 2.24) is 0 Å². The van der Waals surface area contributed by atoms with E-state index >= 15 is 0 Å². The molecule has 0 aromatic rings. The van der Waals surface area contributed by atoms with Crippen LogP contribution < -0.4 is 0 Å². The Kier molecular flexibility index (Phi) is 3.32. The van der Waals surface area contributed by atoms with E-state index in [2.05, 4.69) is 14.2 Å². The number of hydrogen-bond acceptors (Lipinski definition) is 7. The zero-order valence-corrected chi connectivity index (χ0v) is 10.8. The summed E-state index contributed by atoms with van der Waals surface area (Å²) in [7, 11) is 3.56. The van der Waals surface area contributed by atoms with Crippen LogP contribution in [0.4, 0.5) is 0 Å². The Balaban J connectivity index is 2.58. The van der Waals surface area contributed by atoms with Crippen molar-refractivity contribution in [3.63, 3.8) is 0 Å². The highest BCUT2D eigenvalue weighted by atomic mass is 16.6. The van der Waals surface area contributed by atoms with Crippen molar-refractivity contribution in [3.05, 3.63) is 11.1 Å². The summed E-state index contributed by atoms with van der Waals surface area (Å²) in [5, 5.41) is 0. The van der Waals surface area contributed by atoms with E-state index in [9.17, 15) is 14.4 Å². The van der Waals surface area contributed by atoms with Gasteiger partial charge in [0.15, 0.2) is 5.60 Å². The number of fused-ring (bicyclic) bond motifs is 2. The quantitative estimate of drug-likeness (QED) is 0.515. The average Bonchev–Trinajstić information content (AvgIpc) is 3.01. The zero-order chi connectivity index (χ0) is 14.2. The molecule has 0 radical (unpaired) electrons. The smallest absolute Gasteiger partial charge is 0.343 e. The molecule has 2 unspecified atom stereocenters. The normalized spacial score (nSPS) is 28.3. The van der Waals surface area contributed by atoms with Crippen molar-refractivity contribution in [1.29, 1.82) is 0 Å². The molecule has 0 aliphatic carbocycles. The molecule has 19 heavy (non-hydrogen) atoms. The Hall–Kier alpha value is -1.89. The summed E-state index contributed by atoms with van der Waals surface area (Å²) in [5.74, 6) is -2.20. The van der Waals surface area contributed by atoms with Gasteiger partial charge in [0.05, 0.1) is 38.6 Å². The summed E-state index contributed by atoms with van der Waals surface area (Å²) in [6, 6.07) is 0. The van der Waals surface area contributed by atoms with Crippen LogP contribution in [0, 0.1) is 0 Å². The second-order valence-corrected chi connectivity index (χ2v) is 4.24. The first-order chi connectivity index (χ1) is 9.01. The van der Waals surface area contributed by atoms with Gasteiger partial charge in [0, 0.05) is 0 Å². The molecule has 0 aromatic carbocycles. The maximum atomic E-state index is 11.9. The molecule has 104 valence electrons. The molecule has 1 saturated heterocycles. The van der Waals surface area contributed by atoms with Crippen LogP contribution in [0.2, 0.25) is 0 Å². The monoisotopic (exact) mass is 270 g/mol. The van der Waals surface area contributed by atoms with E-state index < -0.39 is 29.6 Å². The van der Waals surface area contributed by atoms with Crippen molar-refractivity contribution < 1.29 is 33.3 Å². The predicted octanol–water partition coefficient (Wildman–Crippen LogP) is -0.267. The minimum absolute atomic E-state index is 0.0472. The molecular formula is C12H14O7.